The van der Waals surface area contributed by atoms with E-state index in [2.05, 4.69) is 0 Å². The van der Waals surface area contributed by atoms with Crippen LogP contribution in [0.5, 0.6) is 0 Å². The zero-order chi connectivity index (χ0) is 21.3. The lowest BCUT2D eigenvalue weighted by molar-refractivity contribution is -0.0775. The summed E-state index contributed by atoms with van der Waals surface area (Å²) in [6.07, 6.45) is 4.79. The first kappa shape index (κ1) is 17.3. The zero-order valence-corrected chi connectivity index (χ0v) is 16.1. The van der Waals surface area contributed by atoms with Crippen molar-refractivity contribution in [1.82, 2.24) is 0 Å². The highest BCUT2D eigenvalue weighted by Crippen LogP contribution is 2.15. The molecule has 4 heteroatoms. The average Bonchev–Trinajstić information content (AvgIpc) is 2.65. The van der Waals surface area contributed by atoms with Crippen molar-refractivity contribution < 1.29 is 24.4 Å². The van der Waals surface area contributed by atoms with Gasteiger partial charge in [0.2, 0.25) is 0 Å². The maximum atomic E-state index is 8.37. The molecule has 0 aromatic carbocycles. The molecular weight excluding hydrogens is 304 g/mol. The average molecular weight is 351 g/mol. The Morgan fingerprint density at radius 2 is 1.42 bits per heavy atom. The summed E-state index contributed by atoms with van der Waals surface area (Å²) in [5.74, 6) is 0. The molecule has 1 atom stereocenters. The van der Waals surface area contributed by atoms with Crippen LogP contribution in [0.3, 0.4) is 0 Å². The van der Waals surface area contributed by atoms with Crippen molar-refractivity contribution in [3.63, 3.8) is 0 Å². The Labute approximate surface area is 156 Å². The molecular formula is C20H42O4. The van der Waals surface area contributed by atoms with Gasteiger partial charge < -0.3 is 18.9 Å². The van der Waals surface area contributed by atoms with E-state index in [0.717, 1.165) is 58.0 Å². The Morgan fingerprint density at radius 1 is 0.792 bits per heavy atom. The van der Waals surface area contributed by atoms with Crippen molar-refractivity contribution in [2.45, 2.75) is 96.4 Å². The first-order valence-corrected chi connectivity index (χ1v) is 9.50. The lowest BCUT2D eigenvalue weighted by Gasteiger charge is -2.17. The van der Waals surface area contributed by atoms with Crippen LogP contribution in [0.1, 0.15) is 95.8 Å². The van der Waals surface area contributed by atoms with Crippen LogP contribution in [0, 0.1) is 0 Å². The van der Waals surface area contributed by atoms with E-state index in [9.17, 15) is 0 Å². The fraction of sp³-hybridized carbons (Fsp3) is 1.00. The van der Waals surface area contributed by atoms with Crippen LogP contribution in [0.15, 0.2) is 0 Å². The van der Waals surface area contributed by atoms with E-state index in [4.69, 9.17) is 24.4 Å². The molecule has 0 aliphatic rings. The second-order valence-electron chi connectivity index (χ2n) is 6.06. The maximum Gasteiger partial charge on any atom is 0.146 e. The van der Waals surface area contributed by atoms with Crippen LogP contribution in [-0.4, -0.2) is 40.5 Å². The van der Waals surface area contributed by atoms with E-state index < -0.39 is 18.8 Å². The minimum atomic E-state index is -2.04. The van der Waals surface area contributed by atoms with Crippen molar-refractivity contribution in [1.29, 1.82) is 0 Å². The number of hydrogen-bond donors (Lipinski definition) is 0. The quantitative estimate of drug-likeness (QED) is 0.209. The Kier molecular flexibility index (Phi) is 15.0. The molecule has 0 rings (SSSR count). The van der Waals surface area contributed by atoms with Crippen LogP contribution < -0.4 is 0 Å². The van der Waals surface area contributed by atoms with Crippen LogP contribution in [0.4, 0.5) is 0 Å². The minimum absolute atomic E-state index is 0.0134. The van der Waals surface area contributed by atoms with Crippen LogP contribution in [0.25, 0.3) is 0 Å². The SMILES string of the molecule is [2H]C([2H])(CCCCCCCCCOCOC)C([2H])([2H])[C@@H](CCCC)OCOC. The molecule has 0 fully saturated rings. The molecule has 0 bridgehead atoms. The van der Waals surface area contributed by atoms with Gasteiger partial charge >= 0.3 is 0 Å². The third-order valence-electron chi connectivity index (χ3n) is 3.76. The summed E-state index contributed by atoms with van der Waals surface area (Å²) in [6, 6.07) is 0. The third kappa shape index (κ3) is 18.2. The fourth-order valence-corrected chi connectivity index (χ4v) is 2.37. The molecule has 0 heterocycles. The number of rotatable bonds is 20. The van der Waals surface area contributed by atoms with Crippen molar-refractivity contribution >= 4 is 0 Å². The van der Waals surface area contributed by atoms with Crippen molar-refractivity contribution in [3.8, 4) is 0 Å². The van der Waals surface area contributed by atoms with Gasteiger partial charge in [-0.2, -0.15) is 0 Å². The molecule has 0 unspecified atom stereocenters. The summed E-state index contributed by atoms with van der Waals surface area (Å²) in [7, 11) is 3.11. The normalized spacial score (nSPS) is 16.3. The molecule has 0 aromatic heterocycles. The lowest BCUT2D eigenvalue weighted by atomic mass is 10.0. The Hall–Kier alpha value is -0.160. The molecule has 4 nitrogen and oxygen atoms in total. The molecule has 0 aromatic rings. The predicted octanol–water partition coefficient (Wildman–Crippen LogP) is 5.69. The van der Waals surface area contributed by atoms with Crippen molar-refractivity contribution in [2.75, 3.05) is 34.4 Å². The molecule has 0 spiro atoms. The minimum Gasteiger partial charge on any atom is -0.359 e. The van der Waals surface area contributed by atoms with Gasteiger partial charge in [-0.05, 0) is 19.2 Å². The number of methoxy groups -OCH3 is 2. The summed E-state index contributed by atoms with van der Waals surface area (Å²) < 4.78 is 53.8. The van der Waals surface area contributed by atoms with Gasteiger partial charge in [0.05, 0.1) is 6.10 Å². The van der Waals surface area contributed by atoms with Gasteiger partial charge in [0.15, 0.2) is 0 Å². The highest BCUT2D eigenvalue weighted by atomic mass is 16.7. The monoisotopic (exact) mass is 350 g/mol. The summed E-state index contributed by atoms with van der Waals surface area (Å²) in [5.41, 5.74) is 0. The van der Waals surface area contributed by atoms with Crippen LogP contribution in [0.2, 0.25) is 0 Å². The molecule has 0 amide bonds. The van der Waals surface area contributed by atoms with E-state index in [1.165, 1.54) is 7.11 Å². The first-order chi connectivity index (χ1) is 13.3. The molecule has 0 radical (unpaired) electrons. The Morgan fingerprint density at radius 3 is 2.04 bits per heavy atom. The highest BCUT2D eigenvalue weighted by molar-refractivity contribution is 4.58. The number of hydrogen-bond acceptors (Lipinski definition) is 4. The zero-order valence-electron chi connectivity index (χ0n) is 20.1. The fourth-order valence-electron chi connectivity index (χ4n) is 2.37. The number of unbranched alkanes of at least 4 members (excludes halogenated alkanes) is 7. The van der Waals surface area contributed by atoms with E-state index in [0.29, 0.717) is 19.6 Å². The molecule has 0 N–H and O–H groups in total. The van der Waals surface area contributed by atoms with Crippen LogP contribution in [-0.2, 0) is 18.9 Å². The summed E-state index contributed by atoms with van der Waals surface area (Å²) in [4.78, 5) is 0. The van der Waals surface area contributed by atoms with Crippen molar-refractivity contribution in [2.24, 2.45) is 0 Å². The number of ether oxygens (including phenoxy) is 4. The van der Waals surface area contributed by atoms with Gasteiger partial charge in [0, 0.05) is 26.3 Å². The second-order valence-corrected chi connectivity index (χ2v) is 6.06. The van der Waals surface area contributed by atoms with E-state index in [1.807, 2.05) is 6.92 Å². The van der Waals surface area contributed by atoms with Gasteiger partial charge in [0.1, 0.15) is 13.6 Å². The van der Waals surface area contributed by atoms with Crippen LogP contribution >= 0.6 is 0 Å². The Bertz CT molecular complexity index is 349. The van der Waals surface area contributed by atoms with E-state index >= 15 is 0 Å². The third-order valence-corrected chi connectivity index (χ3v) is 3.76. The standard InChI is InChI=1S/C20H42O4/c1-4-5-15-20(24-19-22-3)16-13-11-9-7-6-8-10-12-14-17-23-18-21-2/h20H,4-19H2,1-3H3/t20-/m1/s1/i13D2,16D2. The smallest absolute Gasteiger partial charge is 0.146 e. The largest absolute Gasteiger partial charge is 0.359 e. The molecule has 0 saturated heterocycles. The van der Waals surface area contributed by atoms with Gasteiger partial charge in [-0.15, -0.1) is 0 Å². The highest BCUT2D eigenvalue weighted by Gasteiger charge is 2.08. The van der Waals surface area contributed by atoms with Gasteiger partial charge in [-0.1, -0.05) is 71.1 Å². The molecule has 146 valence electrons. The van der Waals surface area contributed by atoms with Gasteiger partial charge in [0.25, 0.3) is 0 Å². The van der Waals surface area contributed by atoms with E-state index in [-0.39, 0.29) is 13.2 Å². The maximum absolute atomic E-state index is 8.37. The topological polar surface area (TPSA) is 36.9 Å². The Balaban J connectivity index is 4.13. The molecule has 24 heavy (non-hydrogen) atoms. The summed E-state index contributed by atoms with van der Waals surface area (Å²) in [6.45, 7) is 3.10. The van der Waals surface area contributed by atoms with E-state index in [1.54, 1.807) is 7.11 Å². The summed E-state index contributed by atoms with van der Waals surface area (Å²) in [5, 5.41) is 0. The predicted molar refractivity (Wildman–Crippen MR) is 100 cm³/mol. The second kappa shape index (κ2) is 20.9. The first-order valence-electron chi connectivity index (χ1n) is 11.5. The van der Waals surface area contributed by atoms with Gasteiger partial charge in [-0.3, -0.25) is 0 Å². The molecule has 0 aliphatic carbocycles. The lowest BCUT2D eigenvalue weighted by Crippen LogP contribution is -2.14. The van der Waals surface area contributed by atoms with Crippen molar-refractivity contribution in [3.05, 3.63) is 0 Å². The molecule has 0 saturated carbocycles. The molecule has 0 aliphatic heterocycles. The summed E-state index contributed by atoms with van der Waals surface area (Å²) >= 11 is 0. The van der Waals surface area contributed by atoms with Gasteiger partial charge in [-0.25, -0.2) is 0 Å².